The number of para-hydroxylation sites is 1. The van der Waals surface area contributed by atoms with Gasteiger partial charge in [0.25, 0.3) is 11.8 Å². The fraction of sp³-hybridized carbons (Fsp3) is 0.391. The van der Waals surface area contributed by atoms with Crippen molar-refractivity contribution >= 4 is 17.5 Å². The Morgan fingerprint density at radius 2 is 1.86 bits per heavy atom. The number of anilines is 1. The van der Waals surface area contributed by atoms with Crippen molar-refractivity contribution in [2.45, 2.75) is 33.3 Å². The molecule has 0 bridgehead atoms. The number of aryl methyl sites for hydroxylation is 2. The molecule has 154 valence electrons. The fourth-order valence-corrected chi connectivity index (χ4v) is 3.34. The third-order valence-corrected chi connectivity index (χ3v) is 4.98. The summed E-state index contributed by atoms with van der Waals surface area (Å²) in [5, 5.41) is 2.89. The zero-order valence-corrected chi connectivity index (χ0v) is 17.2. The molecular formula is C23H28N2O4. The van der Waals surface area contributed by atoms with Crippen LogP contribution in [0.4, 0.5) is 5.69 Å². The van der Waals surface area contributed by atoms with Crippen LogP contribution in [0.25, 0.3) is 0 Å². The first-order valence-electron chi connectivity index (χ1n) is 10.0. The number of benzene rings is 2. The van der Waals surface area contributed by atoms with Gasteiger partial charge in [0.15, 0.2) is 6.10 Å². The second kappa shape index (κ2) is 9.56. The van der Waals surface area contributed by atoms with E-state index < -0.39 is 6.10 Å². The normalized spacial score (nSPS) is 14.9. The number of carbonyl (C=O) groups is 2. The van der Waals surface area contributed by atoms with Crippen LogP contribution in [0.15, 0.2) is 42.5 Å². The zero-order valence-electron chi connectivity index (χ0n) is 17.2. The summed E-state index contributed by atoms with van der Waals surface area (Å²) in [6.07, 6.45) is -0.137. The van der Waals surface area contributed by atoms with Gasteiger partial charge in [-0.15, -0.1) is 0 Å². The van der Waals surface area contributed by atoms with Crippen LogP contribution in [0.1, 0.15) is 34.8 Å². The third kappa shape index (κ3) is 5.15. The minimum Gasteiger partial charge on any atom is -0.480 e. The Balaban J connectivity index is 1.74. The molecule has 1 aliphatic heterocycles. The van der Waals surface area contributed by atoms with Crippen LogP contribution in [-0.2, 0) is 9.53 Å². The third-order valence-electron chi connectivity index (χ3n) is 4.98. The molecule has 2 aromatic carbocycles. The van der Waals surface area contributed by atoms with E-state index in [1.807, 2.05) is 39.0 Å². The predicted octanol–water partition coefficient (Wildman–Crippen LogP) is 3.57. The van der Waals surface area contributed by atoms with Gasteiger partial charge < -0.3 is 19.7 Å². The van der Waals surface area contributed by atoms with Crippen LogP contribution in [0, 0.1) is 13.8 Å². The quantitative estimate of drug-likeness (QED) is 0.811. The topological polar surface area (TPSA) is 67.9 Å². The van der Waals surface area contributed by atoms with Gasteiger partial charge in [0.1, 0.15) is 5.75 Å². The second-order valence-corrected chi connectivity index (χ2v) is 7.22. The fourth-order valence-electron chi connectivity index (χ4n) is 3.34. The Kier molecular flexibility index (Phi) is 6.88. The number of carbonyl (C=O) groups excluding carboxylic acids is 2. The standard InChI is InChI=1S/C23H28N2O4/c1-4-20(29-21-10-9-16(2)15-17(21)3)22(26)24-19-8-6-5-7-18(19)23(27)25-11-13-28-14-12-25/h5-10,15,20H,4,11-14H2,1-3H3,(H,24,26). The van der Waals surface area contributed by atoms with Gasteiger partial charge in [-0.3, -0.25) is 9.59 Å². The highest BCUT2D eigenvalue weighted by Crippen LogP contribution is 2.23. The van der Waals surface area contributed by atoms with Gasteiger partial charge in [-0.25, -0.2) is 0 Å². The number of nitrogens with zero attached hydrogens (tertiary/aromatic N) is 1. The maximum atomic E-state index is 12.9. The SMILES string of the molecule is CCC(Oc1ccc(C)cc1C)C(=O)Nc1ccccc1C(=O)N1CCOCC1. The van der Waals surface area contributed by atoms with Gasteiger partial charge in [-0.1, -0.05) is 36.8 Å². The molecule has 1 fully saturated rings. The molecule has 2 aromatic rings. The zero-order chi connectivity index (χ0) is 20.8. The molecule has 1 aliphatic rings. The highest BCUT2D eigenvalue weighted by molar-refractivity contribution is 6.04. The van der Waals surface area contributed by atoms with Crippen LogP contribution in [-0.4, -0.2) is 49.1 Å². The lowest BCUT2D eigenvalue weighted by molar-refractivity contribution is -0.122. The van der Waals surface area contributed by atoms with Crippen LogP contribution in [0.5, 0.6) is 5.75 Å². The van der Waals surface area contributed by atoms with Crippen molar-refractivity contribution < 1.29 is 19.1 Å². The van der Waals surface area contributed by atoms with Gasteiger partial charge >= 0.3 is 0 Å². The predicted molar refractivity (Wildman–Crippen MR) is 112 cm³/mol. The average Bonchev–Trinajstić information content (AvgIpc) is 2.73. The van der Waals surface area contributed by atoms with Crippen LogP contribution in [0.3, 0.4) is 0 Å². The van der Waals surface area contributed by atoms with Crippen LogP contribution < -0.4 is 10.1 Å². The molecule has 0 saturated carbocycles. The Labute approximate surface area is 171 Å². The summed E-state index contributed by atoms with van der Waals surface area (Å²) >= 11 is 0. The summed E-state index contributed by atoms with van der Waals surface area (Å²) in [4.78, 5) is 27.5. The molecule has 0 aromatic heterocycles. The lowest BCUT2D eigenvalue weighted by Gasteiger charge is -2.27. The highest BCUT2D eigenvalue weighted by Gasteiger charge is 2.24. The average molecular weight is 396 g/mol. The van der Waals surface area contributed by atoms with Crippen molar-refractivity contribution in [3.8, 4) is 5.75 Å². The molecular weight excluding hydrogens is 368 g/mol. The number of amides is 2. The van der Waals surface area contributed by atoms with E-state index in [0.29, 0.717) is 49.7 Å². The first-order valence-corrected chi connectivity index (χ1v) is 10.0. The Bertz CT molecular complexity index is 875. The van der Waals surface area contributed by atoms with Crippen molar-refractivity contribution in [2.75, 3.05) is 31.6 Å². The van der Waals surface area contributed by atoms with E-state index in [1.165, 1.54) is 0 Å². The summed E-state index contributed by atoms with van der Waals surface area (Å²) < 4.78 is 11.3. The molecule has 1 unspecified atom stereocenters. The molecule has 2 amide bonds. The molecule has 1 saturated heterocycles. The van der Waals surface area contributed by atoms with Gasteiger partial charge in [-0.2, -0.15) is 0 Å². The highest BCUT2D eigenvalue weighted by atomic mass is 16.5. The Hall–Kier alpha value is -2.86. The number of nitrogens with one attached hydrogen (secondary N) is 1. The molecule has 3 rings (SSSR count). The molecule has 0 aliphatic carbocycles. The van der Waals surface area contributed by atoms with E-state index in [9.17, 15) is 9.59 Å². The number of morpholine rings is 1. The number of ether oxygens (including phenoxy) is 2. The summed E-state index contributed by atoms with van der Waals surface area (Å²) in [6, 6.07) is 13.0. The molecule has 1 N–H and O–H groups in total. The molecule has 6 nitrogen and oxygen atoms in total. The van der Waals surface area contributed by atoms with Crippen molar-refractivity contribution in [1.82, 2.24) is 4.90 Å². The van der Waals surface area contributed by atoms with Crippen LogP contribution >= 0.6 is 0 Å². The monoisotopic (exact) mass is 396 g/mol. The number of rotatable bonds is 6. The molecule has 0 spiro atoms. The van der Waals surface area contributed by atoms with Crippen molar-refractivity contribution in [2.24, 2.45) is 0 Å². The molecule has 6 heteroatoms. The number of hydrogen-bond donors (Lipinski definition) is 1. The lowest BCUT2D eigenvalue weighted by Crippen LogP contribution is -2.41. The summed E-state index contributed by atoms with van der Waals surface area (Å²) in [6.45, 7) is 8.04. The minimum atomic E-state index is -0.650. The van der Waals surface area contributed by atoms with Gasteiger partial charge in [0, 0.05) is 13.1 Å². The van der Waals surface area contributed by atoms with E-state index in [0.717, 1.165) is 11.1 Å². The van der Waals surface area contributed by atoms with Crippen molar-refractivity contribution in [3.63, 3.8) is 0 Å². The second-order valence-electron chi connectivity index (χ2n) is 7.22. The van der Waals surface area contributed by atoms with Crippen molar-refractivity contribution in [3.05, 3.63) is 59.2 Å². The Morgan fingerprint density at radius 1 is 1.14 bits per heavy atom. The van der Waals surface area contributed by atoms with Crippen molar-refractivity contribution in [1.29, 1.82) is 0 Å². The minimum absolute atomic E-state index is 0.104. The molecule has 0 radical (unpaired) electrons. The van der Waals surface area contributed by atoms with Crippen LogP contribution in [0.2, 0.25) is 0 Å². The first-order chi connectivity index (χ1) is 14.0. The van der Waals surface area contributed by atoms with Gasteiger partial charge in [-0.05, 0) is 44.0 Å². The number of hydrogen-bond acceptors (Lipinski definition) is 4. The maximum absolute atomic E-state index is 12.9. The summed E-state index contributed by atoms with van der Waals surface area (Å²) in [7, 11) is 0. The molecule has 1 heterocycles. The largest absolute Gasteiger partial charge is 0.480 e. The summed E-state index contributed by atoms with van der Waals surface area (Å²) in [5.74, 6) is 0.317. The maximum Gasteiger partial charge on any atom is 0.265 e. The lowest BCUT2D eigenvalue weighted by atomic mass is 10.1. The Morgan fingerprint density at radius 3 is 2.55 bits per heavy atom. The van der Waals surface area contributed by atoms with Gasteiger partial charge in [0.05, 0.1) is 24.5 Å². The first kappa shape index (κ1) is 20.9. The molecule has 1 atom stereocenters. The smallest absolute Gasteiger partial charge is 0.265 e. The van der Waals surface area contributed by atoms with Gasteiger partial charge in [0.2, 0.25) is 0 Å². The van der Waals surface area contributed by atoms with E-state index in [1.54, 1.807) is 29.2 Å². The van der Waals surface area contributed by atoms with E-state index in [2.05, 4.69) is 5.32 Å². The van der Waals surface area contributed by atoms with E-state index in [4.69, 9.17) is 9.47 Å². The molecule has 29 heavy (non-hydrogen) atoms. The van der Waals surface area contributed by atoms with E-state index >= 15 is 0 Å². The van der Waals surface area contributed by atoms with E-state index in [-0.39, 0.29) is 11.8 Å². The summed E-state index contributed by atoms with van der Waals surface area (Å²) in [5.41, 5.74) is 3.10.